The fourth-order valence-corrected chi connectivity index (χ4v) is 4.79. The van der Waals surface area contributed by atoms with Gasteiger partial charge in [-0.15, -0.1) is 10.2 Å². The lowest BCUT2D eigenvalue weighted by Gasteiger charge is -2.15. The van der Waals surface area contributed by atoms with E-state index in [1.165, 1.54) is 11.8 Å². The van der Waals surface area contributed by atoms with Crippen molar-refractivity contribution in [3.05, 3.63) is 83.4 Å². The molecule has 8 heteroatoms. The summed E-state index contributed by atoms with van der Waals surface area (Å²) < 4.78 is 7.53. The Labute approximate surface area is 221 Å². The highest BCUT2D eigenvalue weighted by Crippen LogP contribution is 2.31. The second-order valence-corrected chi connectivity index (χ2v) is 9.69. The Hall–Kier alpha value is -3.29. The lowest BCUT2D eigenvalue weighted by atomic mass is 9.97. The molecule has 0 aliphatic carbocycles. The van der Waals surface area contributed by atoms with Crippen LogP contribution in [0.4, 0.5) is 5.69 Å². The van der Waals surface area contributed by atoms with Crippen LogP contribution in [0.2, 0.25) is 5.02 Å². The maximum absolute atomic E-state index is 12.9. The predicted molar refractivity (Wildman–Crippen MR) is 147 cm³/mol. The van der Waals surface area contributed by atoms with Crippen molar-refractivity contribution < 1.29 is 9.53 Å². The second-order valence-electron chi connectivity index (χ2n) is 8.31. The monoisotopic (exact) mass is 520 g/mol. The van der Waals surface area contributed by atoms with Crippen LogP contribution in [-0.4, -0.2) is 33.0 Å². The number of hydrogen-bond donors (Lipinski definition) is 1. The molecule has 0 bridgehead atoms. The number of hydrogen-bond acceptors (Lipinski definition) is 5. The van der Waals surface area contributed by atoms with E-state index in [9.17, 15) is 4.79 Å². The molecule has 36 heavy (non-hydrogen) atoms. The van der Waals surface area contributed by atoms with Crippen LogP contribution in [0.1, 0.15) is 38.7 Å². The second kappa shape index (κ2) is 12.1. The summed E-state index contributed by atoms with van der Waals surface area (Å²) in [6, 6.07) is 23.2. The molecule has 0 radical (unpaired) electrons. The summed E-state index contributed by atoms with van der Waals surface area (Å²) >= 11 is 7.58. The summed E-state index contributed by atoms with van der Waals surface area (Å²) in [4.78, 5) is 12.9. The highest BCUT2D eigenvalue weighted by molar-refractivity contribution is 7.99. The van der Waals surface area contributed by atoms with E-state index < -0.39 is 0 Å². The third kappa shape index (κ3) is 6.09. The van der Waals surface area contributed by atoms with E-state index >= 15 is 0 Å². The fraction of sp³-hybridized carbons (Fsp3) is 0.250. The van der Waals surface area contributed by atoms with E-state index in [1.54, 1.807) is 0 Å². The van der Waals surface area contributed by atoms with Crippen molar-refractivity contribution in [1.29, 1.82) is 0 Å². The molecular formula is C28H29ClN4O2S. The molecule has 1 atom stereocenters. The summed E-state index contributed by atoms with van der Waals surface area (Å²) in [7, 11) is 0. The summed E-state index contributed by atoms with van der Waals surface area (Å²) in [6.07, 6.45) is 0.999. The molecule has 4 aromatic rings. The molecule has 0 spiro atoms. The maximum Gasteiger partial charge on any atom is 0.234 e. The van der Waals surface area contributed by atoms with Crippen LogP contribution in [0.3, 0.4) is 0 Å². The van der Waals surface area contributed by atoms with Crippen LogP contribution in [0.25, 0.3) is 17.1 Å². The van der Waals surface area contributed by atoms with Gasteiger partial charge in [0.2, 0.25) is 5.91 Å². The average molecular weight is 521 g/mol. The van der Waals surface area contributed by atoms with Gasteiger partial charge in [-0.3, -0.25) is 9.36 Å². The molecule has 0 unspecified atom stereocenters. The Kier molecular flexibility index (Phi) is 8.67. The van der Waals surface area contributed by atoms with Gasteiger partial charge >= 0.3 is 0 Å². The zero-order chi connectivity index (χ0) is 25.5. The van der Waals surface area contributed by atoms with E-state index in [0.717, 1.165) is 34.7 Å². The van der Waals surface area contributed by atoms with Crippen molar-refractivity contribution >= 4 is 35.0 Å². The standard InChI is InChI=1S/C28H29ClN4O2S/c1-4-19(3)24-11-6-7-12-25(24)30-26(34)18-36-28-32-31-27(20-9-8-10-21(29)17-20)33(28)22-13-15-23(16-14-22)35-5-2/h6-17,19H,4-5,18H2,1-3H3,(H,30,34)/t19-/m0/s1. The van der Waals surface area contributed by atoms with Crippen LogP contribution >= 0.6 is 23.4 Å². The number of aromatic nitrogens is 3. The topological polar surface area (TPSA) is 69.0 Å². The average Bonchev–Trinajstić information content (AvgIpc) is 3.32. The molecule has 1 N–H and O–H groups in total. The lowest BCUT2D eigenvalue weighted by Crippen LogP contribution is -2.16. The number of anilines is 1. The van der Waals surface area contributed by atoms with Gasteiger partial charge in [0.15, 0.2) is 11.0 Å². The first-order valence-corrected chi connectivity index (χ1v) is 13.3. The molecule has 6 nitrogen and oxygen atoms in total. The van der Waals surface area contributed by atoms with Crippen LogP contribution in [-0.2, 0) is 4.79 Å². The van der Waals surface area contributed by atoms with E-state index in [0.29, 0.717) is 28.5 Å². The van der Waals surface area contributed by atoms with E-state index in [-0.39, 0.29) is 11.7 Å². The van der Waals surface area contributed by atoms with Gasteiger partial charge in [0.05, 0.1) is 12.4 Å². The molecule has 1 amide bonds. The molecule has 4 rings (SSSR count). The summed E-state index contributed by atoms with van der Waals surface area (Å²) in [5.41, 5.74) is 3.69. The number of rotatable bonds is 10. The van der Waals surface area contributed by atoms with Gasteiger partial charge in [-0.05, 0) is 67.3 Å². The normalized spacial score (nSPS) is 11.8. The van der Waals surface area contributed by atoms with Crippen molar-refractivity contribution in [2.75, 3.05) is 17.7 Å². The van der Waals surface area contributed by atoms with E-state index in [1.807, 2.05) is 78.2 Å². The molecule has 0 aliphatic heterocycles. The largest absolute Gasteiger partial charge is 0.494 e. The zero-order valence-electron chi connectivity index (χ0n) is 20.6. The molecule has 186 valence electrons. The van der Waals surface area contributed by atoms with Crippen molar-refractivity contribution in [1.82, 2.24) is 14.8 Å². The Morgan fingerprint density at radius 2 is 1.83 bits per heavy atom. The maximum atomic E-state index is 12.9. The first-order chi connectivity index (χ1) is 17.5. The number of thioether (sulfide) groups is 1. The number of amides is 1. The quantitative estimate of drug-likeness (QED) is 0.223. The van der Waals surface area contributed by atoms with Crippen molar-refractivity contribution in [3.8, 4) is 22.8 Å². The van der Waals surface area contributed by atoms with E-state index in [2.05, 4.69) is 35.4 Å². The number of carbonyl (C=O) groups excluding carboxylic acids is 1. The molecule has 3 aromatic carbocycles. The number of nitrogens with one attached hydrogen (secondary N) is 1. The van der Waals surface area contributed by atoms with Crippen LogP contribution in [0.15, 0.2) is 78.0 Å². The Bertz CT molecular complexity index is 1320. The summed E-state index contributed by atoms with van der Waals surface area (Å²) in [5.74, 6) is 1.89. The third-order valence-corrected chi connectivity index (χ3v) is 7.00. The van der Waals surface area contributed by atoms with Gasteiger partial charge in [-0.25, -0.2) is 0 Å². The van der Waals surface area contributed by atoms with Crippen molar-refractivity contribution in [3.63, 3.8) is 0 Å². The highest BCUT2D eigenvalue weighted by Gasteiger charge is 2.18. The highest BCUT2D eigenvalue weighted by atomic mass is 35.5. The minimum atomic E-state index is -0.0960. The fourth-order valence-electron chi connectivity index (χ4n) is 3.85. The van der Waals surface area contributed by atoms with Crippen LogP contribution < -0.4 is 10.1 Å². The lowest BCUT2D eigenvalue weighted by molar-refractivity contribution is -0.113. The number of benzene rings is 3. The zero-order valence-corrected chi connectivity index (χ0v) is 22.1. The first-order valence-electron chi connectivity index (χ1n) is 12.0. The smallest absolute Gasteiger partial charge is 0.234 e. The number of carbonyl (C=O) groups is 1. The minimum absolute atomic E-state index is 0.0960. The molecule has 0 aliphatic rings. The van der Waals surface area contributed by atoms with Crippen molar-refractivity contribution in [2.24, 2.45) is 0 Å². The number of para-hydroxylation sites is 1. The third-order valence-electron chi connectivity index (χ3n) is 5.83. The predicted octanol–water partition coefficient (Wildman–Crippen LogP) is 7.23. The summed E-state index contributed by atoms with van der Waals surface area (Å²) in [6.45, 7) is 6.85. The molecular weight excluding hydrogens is 492 g/mol. The van der Waals surface area contributed by atoms with Crippen molar-refractivity contribution in [2.45, 2.75) is 38.3 Å². The van der Waals surface area contributed by atoms with Gasteiger partial charge in [0.25, 0.3) is 0 Å². The van der Waals surface area contributed by atoms with Gasteiger partial charge in [0.1, 0.15) is 5.75 Å². The molecule has 0 saturated carbocycles. The van der Waals surface area contributed by atoms with E-state index in [4.69, 9.17) is 16.3 Å². The number of ether oxygens (including phenoxy) is 1. The molecule has 1 aromatic heterocycles. The molecule has 0 fully saturated rings. The first kappa shape index (κ1) is 25.8. The Balaban J connectivity index is 1.59. The Morgan fingerprint density at radius 3 is 2.56 bits per heavy atom. The number of halogens is 1. The molecule has 1 heterocycles. The van der Waals surface area contributed by atoms with Crippen LogP contribution in [0, 0.1) is 0 Å². The number of nitrogens with zero attached hydrogens (tertiary/aromatic N) is 3. The Morgan fingerprint density at radius 1 is 1.06 bits per heavy atom. The van der Waals surface area contributed by atoms with Gasteiger partial charge in [-0.2, -0.15) is 0 Å². The minimum Gasteiger partial charge on any atom is -0.494 e. The van der Waals surface area contributed by atoms with Crippen LogP contribution in [0.5, 0.6) is 5.75 Å². The van der Waals surface area contributed by atoms with Gasteiger partial charge in [-0.1, -0.05) is 67.5 Å². The van der Waals surface area contributed by atoms with Gasteiger partial charge in [0, 0.05) is 22.0 Å². The van der Waals surface area contributed by atoms with Gasteiger partial charge < -0.3 is 10.1 Å². The molecule has 0 saturated heterocycles. The SMILES string of the molecule is CCOc1ccc(-n2c(SCC(=O)Nc3ccccc3[C@@H](C)CC)nnc2-c2cccc(Cl)c2)cc1. The summed E-state index contributed by atoms with van der Waals surface area (Å²) in [5, 5.41) is 13.2.